The van der Waals surface area contributed by atoms with Crippen LogP contribution in [-0.4, -0.2) is 35.2 Å². The van der Waals surface area contributed by atoms with Crippen LogP contribution < -0.4 is 0 Å². The Morgan fingerprint density at radius 2 is 2.16 bits per heavy atom. The molecule has 0 spiro atoms. The molecule has 2 aromatic rings. The first-order valence-electron chi connectivity index (χ1n) is 7.93. The van der Waals surface area contributed by atoms with Crippen LogP contribution in [0.5, 0.6) is 0 Å². The summed E-state index contributed by atoms with van der Waals surface area (Å²) in [5.74, 6) is -1.53. The second kappa shape index (κ2) is 7.04. The first-order valence-corrected chi connectivity index (χ1v) is 7.93. The lowest BCUT2D eigenvalue weighted by molar-refractivity contribution is -0.135. The van der Waals surface area contributed by atoms with Gasteiger partial charge >= 0.3 is 0 Å². The van der Waals surface area contributed by atoms with Crippen molar-refractivity contribution in [1.29, 1.82) is 0 Å². The van der Waals surface area contributed by atoms with E-state index in [4.69, 9.17) is 4.42 Å². The molecular weight excluding hydrogens is 330 g/mol. The standard InChI is InChI=1S/C18H18F2N2O3/c1-21(9-12-4-5-14(19)8-16(12)20)18(24)13-7-17(23)22(10-13)11-15-3-2-6-25-15/h2-6,8,13H,7,9-11H2,1H3. The number of benzene rings is 1. The van der Waals surface area contributed by atoms with Crippen LogP contribution in [0.25, 0.3) is 0 Å². The zero-order valence-electron chi connectivity index (χ0n) is 13.7. The van der Waals surface area contributed by atoms with Crippen molar-refractivity contribution in [3.8, 4) is 0 Å². The molecule has 1 fully saturated rings. The summed E-state index contributed by atoms with van der Waals surface area (Å²) in [4.78, 5) is 27.6. The molecule has 0 radical (unpaired) electrons. The van der Waals surface area contributed by atoms with Crippen LogP contribution in [0.15, 0.2) is 41.0 Å². The Labute approximate surface area is 143 Å². The fourth-order valence-electron chi connectivity index (χ4n) is 2.98. The lowest BCUT2D eigenvalue weighted by Gasteiger charge is -2.21. The number of nitrogens with zero attached hydrogens (tertiary/aromatic N) is 2. The van der Waals surface area contributed by atoms with Gasteiger partial charge in [0.25, 0.3) is 0 Å². The molecule has 1 aliphatic rings. The molecule has 1 aromatic carbocycles. The summed E-state index contributed by atoms with van der Waals surface area (Å²) in [5.41, 5.74) is 0.231. The molecular formula is C18H18F2N2O3. The number of amides is 2. The number of carbonyl (C=O) groups excluding carboxylic acids is 2. The highest BCUT2D eigenvalue weighted by molar-refractivity contribution is 5.89. The maximum absolute atomic E-state index is 13.7. The molecule has 0 aliphatic carbocycles. The summed E-state index contributed by atoms with van der Waals surface area (Å²) in [5, 5.41) is 0. The van der Waals surface area contributed by atoms with Gasteiger partial charge in [-0.3, -0.25) is 9.59 Å². The summed E-state index contributed by atoms with van der Waals surface area (Å²) < 4.78 is 31.9. The second-order valence-electron chi connectivity index (χ2n) is 6.18. The van der Waals surface area contributed by atoms with Crippen molar-refractivity contribution in [2.75, 3.05) is 13.6 Å². The van der Waals surface area contributed by atoms with E-state index >= 15 is 0 Å². The minimum atomic E-state index is -0.693. The lowest BCUT2D eigenvalue weighted by Crippen LogP contribution is -2.34. The molecule has 2 amide bonds. The van der Waals surface area contributed by atoms with E-state index in [0.29, 0.717) is 18.8 Å². The molecule has 1 saturated heterocycles. The average molecular weight is 348 g/mol. The highest BCUT2D eigenvalue weighted by Crippen LogP contribution is 2.23. The Hall–Kier alpha value is -2.70. The Bertz CT molecular complexity index is 777. The van der Waals surface area contributed by atoms with E-state index < -0.39 is 17.6 Å². The average Bonchev–Trinajstić information content (AvgIpc) is 3.20. The second-order valence-corrected chi connectivity index (χ2v) is 6.18. The number of rotatable bonds is 5. The minimum absolute atomic E-state index is 0.0216. The van der Waals surface area contributed by atoms with Gasteiger partial charge in [0.15, 0.2) is 0 Å². The Morgan fingerprint density at radius 1 is 1.36 bits per heavy atom. The molecule has 1 aromatic heterocycles. The molecule has 1 atom stereocenters. The van der Waals surface area contributed by atoms with Gasteiger partial charge in [0.1, 0.15) is 17.4 Å². The van der Waals surface area contributed by atoms with E-state index in [9.17, 15) is 18.4 Å². The third-order valence-corrected chi connectivity index (χ3v) is 4.29. The first kappa shape index (κ1) is 17.1. The van der Waals surface area contributed by atoms with Gasteiger partial charge in [-0.05, 0) is 18.2 Å². The molecule has 0 bridgehead atoms. The van der Waals surface area contributed by atoms with Gasteiger partial charge in [-0.2, -0.15) is 0 Å². The van der Waals surface area contributed by atoms with Crippen LogP contribution >= 0.6 is 0 Å². The van der Waals surface area contributed by atoms with Crippen molar-refractivity contribution in [1.82, 2.24) is 9.80 Å². The number of carbonyl (C=O) groups is 2. The van der Waals surface area contributed by atoms with Crippen LogP contribution in [0.4, 0.5) is 8.78 Å². The third kappa shape index (κ3) is 3.87. The zero-order chi connectivity index (χ0) is 18.0. The van der Waals surface area contributed by atoms with E-state index in [1.54, 1.807) is 24.1 Å². The van der Waals surface area contributed by atoms with Crippen LogP contribution in [0, 0.1) is 17.6 Å². The van der Waals surface area contributed by atoms with Crippen molar-refractivity contribution in [2.45, 2.75) is 19.5 Å². The van der Waals surface area contributed by atoms with Gasteiger partial charge in [-0.25, -0.2) is 8.78 Å². The van der Waals surface area contributed by atoms with Gasteiger partial charge in [0.2, 0.25) is 11.8 Å². The normalized spacial score (nSPS) is 17.2. The molecule has 2 heterocycles. The van der Waals surface area contributed by atoms with Gasteiger partial charge < -0.3 is 14.2 Å². The Balaban J connectivity index is 1.61. The summed E-state index contributed by atoms with van der Waals surface area (Å²) in [6, 6.07) is 6.77. The summed E-state index contributed by atoms with van der Waals surface area (Å²) in [6.07, 6.45) is 1.65. The molecule has 0 saturated carbocycles. The maximum atomic E-state index is 13.7. The number of furan rings is 1. The van der Waals surface area contributed by atoms with E-state index in [2.05, 4.69) is 0 Å². The van der Waals surface area contributed by atoms with Crippen molar-refractivity contribution >= 4 is 11.8 Å². The summed E-state index contributed by atoms with van der Waals surface area (Å²) in [7, 11) is 1.55. The monoisotopic (exact) mass is 348 g/mol. The van der Waals surface area contributed by atoms with Crippen LogP contribution in [0.3, 0.4) is 0 Å². The number of likely N-dealkylation sites (tertiary alicyclic amines) is 1. The highest BCUT2D eigenvalue weighted by atomic mass is 19.1. The topological polar surface area (TPSA) is 53.8 Å². The molecule has 1 unspecified atom stereocenters. The summed E-state index contributed by atoms with van der Waals surface area (Å²) >= 11 is 0. The van der Waals surface area contributed by atoms with Gasteiger partial charge in [0, 0.05) is 38.2 Å². The molecule has 5 nitrogen and oxygen atoms in total. The number of hydrogen-bond donors (Lipinski definition) is 0. The fourth-order valence-corrected chi connectivity index (χ4v) is 2.98. The quantitative estimate of drug-likeness (QED) is 0.834. The Morgan fingerprint density at radius 3 is 2.84 bits per heavy atom. The summed E-state index contributed by atoms with van der Waals surface area (Å²) in [6.45, 7) is 0.647. The highest BCUT2D eigenvalue weighted by Gasteiger charge is 2.36. The first-order chi connectivity index (χ1) is 11.9. The predicted octanol–water partition coefficient (Wildman–Crippen LogP) is 2.56. The van der Waals surface area contributed by atoms with Crippen LogP contribution in [0.2, 0.25) is 0 Å². The third-order valence-electron chi connectivity index (χ3n) is 4.29. The molecule has 25 heavy (non-hydrogen) atoms. The van der Waals surface area contributed by atoms with E-state index in [-0.39, 0.29) is 30.3 Å². The van der Waals surface area contributed by atoms with Gasteiger partial charge in [-0.1, -0.05) is 6.07 Å². The number of hydrogen-bond acceptors (Lipinski definition) is 3. The van der Waals surface area contributed by atoms with Gasteiger partial charge in [-0.15, -0.1) is 0 Å². The molecule has 7 heteroatoms. The Kier molecular flexibility index (Phi) is 4.83. The molecule has 132 valence electrons. The van der Waals surface area contributed by atoms with Crippen LogP contribution in [0.1, 0.15) is 17.7 Å². The maximum Gasteiger partial charge on any atom is 0.228 e. The van der Waals surface area contributed by atoms with Crippen molar-refractivity contribution in [2.24, 2.45) is 5.92 Å². The van der Waals surface area contributed by atoms with Crippen LogP contribution in [-0.2, 0) is 22.7 Å². The predicted molar refractivity (Wildman–Crippen MR) is 85.1 cm³/mol. The van der Waals surface area contributed by atoms with E-state index in [0.717, 1.165) is 12.1 Å². The van der Waals surface area contributed by atoms with E-state index in [1.165, 1.54) is 17.2 Å². The smallest absolute Gasteiger partial charge is 0.228 e. The largest absolute Gasteiger partial charge is 0.467 e. The molecule has 0 N–H and O–H groups in total. The SMILES string of the molecule is CN(Cc1ccc(F)cc1F)C(=O)C1CC(=O)N(Cc2ccco2)C1. The van der Waals surface area contributed by atoms with Crippen molar-refractivity contribution in [3.05, 3.63) is 59.6 Å². The van der Waals surface area contributed by atoms with Gasteiger partial charge in [0.05, 0.1) is 18.7 Å². The molecule has 1 aliphatic heterocycles. The van der Waals surface area contributed by atoms with E-state index in [1.807, 2.05) is 0 Å². The lowest BCUT2D eigenvalue weighted by atomic mass is 10.1. The zero-order valence-corrected chi connectivity index (χ0v) is 13.7. The van der Waals surface area contributed by atoms with Crippen molar-refractivity contribution in [3.63, 3.8) is 0 Å². The number of halogens is 2. The molecule has 3 rings (SSSR count). The van der Waals surface area contributed by atoms with Crippen molar-refractivity contribution < 1.29 is 22.8 Å². The minimum Gasteiger partial charge on any atom is -0.467 e. The fraction of sp³-hybridized carbons (Fsp3) is 0.333.